The number of rotatable bonds is 50. The summed E-state index contributed by atoms with van der Waals surface area (Å²) in [5.74, 6) is -0.887. The highest BCUT2D eigenvalue weighted by atomic mass is 16.6. The SMILES string of the molecule is CCCCCC/C=C\CCCCCCCCCC(=O)OC(COC(=O)CCCCCCC/C=C\CCCCCCCC)COC(=O)CCCCCCC/C=C\CCCCCCCC. The molecule has 0 radical (unpaired) electrons. The van der Waals surface area contributed by atoms with Gasteiger partial charge in [-0.1, -0.05) is 211 Å². The van der Waals surface area contributed by atoms with E-state index in [9.17, 15) is 14.4 Å². The van der Waals surface area contributed by atoms with Crippen LogP contribution in [0.2, 0.25) is 0 Å². The van der Waals surface area contributed by atoms with E-state index in [0.717, 1.165) is 70.6 Å². The first-order chi connectivity index (χ1) is 31.0. The lowest BCUT2D eigenvalue weighted by atomic mass is 10.1. The van der Waals surface area contributed by atoms with Gasteiger partial charge in [0.15, 0.2) is 6.10 Å². The summed E-state index contributed by atoms with van der Waals surface area (Å²) in [4.78, 5) is 38.0. The van der Waals surface area contributed by atoms with Crippen LogP contribution in [0.3, 0.4) is 0 Å². The van der Waals surface area contributed by atoms with Crippen LogP contribution in [0.15, 0.2) is 36.5 Å². The molecule has 63 heavy (non-hydrogen) atoms. The van der Waals surface area contributed by atoms with Gasteiger partial charge in [0.2, 0.25) is 0 Å². The number of hydrogen-bond donors (Lipinski definition) is 0. The predicted octanol–water partition coefficient (Wildman–Crippen LogP) is 18.1. The second-order valence-corrected chi connectivity index (χ2v) is 18.5. The highest BCUT2D eigenvalue weighted by molar-refractivity contribution is 5.71. The minimum atomic E-state index is -0.779. The molecular weight excluding hydrogens is 781 g/mol. The fraction of sp³-hybridized carbons (Fsp3) is 0.842. The molecule has 6 heteroatoms. The van der Waals surface area contributed by atoms with Crippen molar-refractivity contribution in [1.29, 1.82) is 0 Å². The van der Waals surface area contributed by atoms with Crippen LogP contribution >= 0.6 is 0 Å². The second kappa shape index (κ2) is 52.3. The van der Waals surface area contributed by atoms with Gasteiger partial charge >= 0.3 is 17.9 Å². The highest BCUT2D eigenvalue weighted by Gasteiger charge is 2.19. The number of unbranched alkanes of at least 4 members (excludes halogenated alkanes) is 33. The highest BCUT2D eigenvalue weighted by Crippen LogP contribution is 2.15. The number of esters is 3. The molecule has 0 aromatic rings. The van der Waals surface area contributed by atoms with Crippen molar-refractivity contribution in [2.75, 3.05) is 13.2 Å². The Hall–Kier alpha value is -2.37. The quantitative estimate of drug-likeness (QED) is 0.0262. The van der Waals surface area contributed by atoms with Crippen molar-refractivity contribution in [1.82, 2.24) is 0 Å². The standard InChI is InChI=1S/C57H104O6/c1-4-7-10-13-16-19-22-25-28-31-34-37-40-43-46-49-55(58)61-52-54(63-57(60)51-48-45-42-39-36-33-30-27-24-21-18-15-12-9-6-3)53-62-56(59)50-47-44-41-38-35-32-29-26-23-20-17-14-11-8-5-2/h21,24-26,28-29,54H,4-20,22-23,27,30-53H2,1-3H3/b24-21-,28-25-,29-26-. The van der Waals surface area contributed by atoms with Crippen molar-refractivity contribution in [2.45, 2.75) is 297 Å². The number of carbonyl (C=O) groups excluding carboxylic acids is 3. The minimum absolute atomic E-state index is 0.0790. The summed E-state index contributed by atoms with van der Waals surface area (Å²) >= 11 is 0. The smallest absolute Gasteiger partial charge is 0.306 e. The Bertz CT molecular complexity index is 1010. The zero-order chi connectivity index (χ0) is 45.8. The van der Waals surface area contributed by atoms with Crippen LogP contribution in [0.5, 0.6) is 0 Å². The van der Waals surface area contributed by atoms with E-state index in [2.05, 4.69) is 57.2 Å². The lowest BCUT2D eigenvalue weighted by Gasteiger charge is -2.18. The van der Waals surface area contributed by atoms with Crippen LogP contribution in [0.25, 0.3) is 0 Å². The maximum absolute atomic E-state index is 12.8. The van der Waals surface area contributed by atoms with Crippen LogP contribution in [-0.4, -0.2) is 37.2 Å². The fourth-order valence-electron chi connectivity index (χ4n) is 7.90. The van der Waals surface area contributed by atoms with Crippen molar-refractivity contribution in [3.63, 3.8) is 0 Å². The first-order valence-electron chi connectivity index (χ1n) is 27.5. The van der Waals surface area contributed by atoms with E-state index < -0.39 is 6.10 Å². The van der Waals surface area contributed by atoms with E-state index in [1.165, 1.54) is 180 Å². The van der Waals surface area contributed by atoms with Crippen LogP contribution in [0.1, 0.15) is 290 Å². The summed E-state index contributed by atoms with van der Waals surface area (Å²) in [5, 5.41) is 0. The van der Waals surface area contributed by atoms with Crippen molar-refractivity contribution >= 4 is 17.9 Å². The van der Waals surface area contributed by atoms with Crippen LogP contribution in [0, 0.1) is 0 Å². The number of allylic oxidation sites excluding steroid dienone is 6. The Morgan fingerprint density at radius 3 is 0.810 bits per heavy atom. The topological polar surface area (TPSA) is 78.9 Å². The Kier molecular flexibility index (Phi) is 50.3. The van der Waals surface area contributed by atoms with Crippen LogP contribution in [-0.2, 0) is 28.6 Å². The van der Waals surface area contributed by atoms with Gasteiger partial charge in [-0.25, -0.2) is 0 Å². The molecule has 0 saturated carbocycles. The summed E-state index contributed by atoms with van der Waals surface area (Å²) in [7, 11) is 0. The summed E-state index contributed by atoms with van der Waals surface area (Å²) < 4.78 is 16.8. The van der Waals surface area contributed by atoms with E-state index in [-0.39, 0.29) is 31.1 Å². The van der Waals surface area contributed by atoms with E-state index >= 15 is 0 Å². The average Bonchev–Trinajstić information content (AvgIpc) is 3.28. The summed E-state index contributed by atoms with van der Waals surface area (Å²) in [5.41, 5.74) is 0. The molecule has 0 aliphatic heterocycles. The molecule has 0 aromatic heterocycles. The molecule has 6 nitrogen and oxygen atoms in total. The molecular formula is C57H104O6. The summed E-state index contributed by atoms with van der Waals surface area (Å²) in [6.07, 6.45) is 61.2. The Balaban J connectivity index is 4.38. The Morgan fingerprint density at radius 1 is 0.302 bits per heavy atom. The molecule has 368 valence electrons. The molecule has 0 fully saturated rings. The third kappa shape index (κ3) is 50.5. The third-order valence-electron chi connectivity index (χ3n) is 12.1. The zero-order valence-corrected chi connectivity index (χ0v) is 42.1. The van der Waals surface area contributed by atoms with Gasteiger partial charge in [-0.15, -0.1) is 0 Å². The Morgan fingerprint density at radius 2 is 0.524 bits per heavy atom. The average molecular weight is 885 g/mol. The van der Waals surface area contributed by atoms with Gasteiger partial charge in [0, 0.05) is 19.3 Å². The van der Waals surface area contributed by atoms with E-state index in [4.69, 9.17) is 14.2 Å². The predicted molar refractivity (Wildman–Crippen MR) is 270 cm³/mol. The summed E-state index contributed by atoms with van der Waals surface area (Å²) in [6, 6.07) is 0. The molecule has 0 heterocycles. The van der Waals surface area contributed by atoms with Gasteiger partial charge in [0.05, 0.1) is 0 Å². The van der Waals surface area contributed by atoms with Crippen molar-refractivity contribution < 1.29 is 28.6 Å². The van der Waals surface area contributed by atoms with E-state index in [1.807, 2.05) is 0 Å². The Labute approximate surface area is 391 Å². The molecule has 0 unspecified atom stereocenters. The molecule has 0 saturated heterocycles. The van der Waals surface area contributed by atoms with Gasteiger partial charge in [0.1, 0.15) is 13.2 Å². The lowest BCUT2D eigenvalue weighted by molar-refractivity contribution is -0.167. The van der Waals surface area contributed by atoms with Gasteiger partial charge < -0.3 is 14.2 Å². The molecule has 0 amide bonds. The minimum Gasteiger partial charge on any atom is -0.462 e. The van der Waals surface area contributed by atoms with E-state index in [0.29, 0.717) is 19.3 Å². The van der Waals surface area contributed by atoms with Crippen molar-refractivity contribution in [3.05, 3.63) is 36.5 Å². The molecule has 0 bridgehead atoms. The molecule has 0 N–H and O–H groups in total. The first-order valence-corrected chi connectivity index (χ1v) is 27.5. The van der Waals surface area contributed by atoms with Gasteiger partial charge in [-0.05, 0) is 96.3 Å². The lowest BCUT2D eigenvalue weighted by Crippen LogP contribution is -2.30. The molecule has 0 atom stereocenters. The summed E-state index contributed by atoms with van der Waals surface area (Å²) in [6.45, 7) is 6.62. The van der Waals surface area contributed by atoms with Crippen LogP contribution in [0.4, 0.5) is 0 Å². The molecule has 0 aliphatic carbocycles. The molecule has 0 spiro atoms. The van der Waals surface area contributed by atoms with Gasteiger partial charge in [-0.2, -0.15) is 0 Å². The number of carbonyl (C=O) groups is 3. The maximum atomic E-state index is 12.8. The zero-order valence-electron chi connectivity index (χ0n) is 42.1. The molecule has 0 aliphatic rings. The number of ether oxygens (including phenoxy) is 3. The maximum Gasteiger partial charge on any atom is 0.306 e. The monoisotopic (exact) mass is 885 g/mol. The third-order valence-corrected chi connectivity index (χ3v) is 12.1. The van der Waals surface area contributed by atoms with Gasteiger partial charge in [-0.3, -0.25) is 14.4 Å². The van der Waals surface area contributed by atoms with Gasteiger partial charge in [0.25, 0.3) is 0 Å². The van der Waals surface area contributed by atoms with E-state index in [1.54, 1.807) is 0 Å². The molecule has 0 aromatic carbocycles. The largest absolute Gasteiger partial charge is 0.462 e. The normalized spacial score (nSPS) is 11.8. The van der Waals surface area contributed by atoms with Crippen molar-refractivity contribution in [3.8, 4) is 0 Å². The fourth-order valence-corrected chi connectivity index (χ4v) is 7.90. The number of hydrogen-bond acceptors (Lipinski definition) is 6. The first kappa shape index (κ1) is 60.6. The van der Waals surface area contributed by atoms with Crippen molar-refractivity contribution in [2.24, 2.45) is 0 Å². The molecule has 0 rings (SSSR count). The second-order valence-electron chi connectivity index (χ2n) is 18.5. The van der Waals surface area contributed by atoms with Crippen LogP contribution < -0.4 is 0 Å².